The Labute approximate surface area is 132 Å². The van der Waals surface area contributed by atoms with Crippen LogP contribution in [-0.4, -0.2) is 30.0 Å². The standard InChI is InChI=1S/C17H24ClNO2/c1-2-19(14-8-4-3-5-9-14)17(20)12-13-21-16-11-7-6-10-15(16)18/h6-7,10-11,14H,2-5,8-9,12-13H2,1H3. The summed E-state index contributed by atoms with van der Waals surface area (Å²) in [4.78, 5) is 14.4. The molecule has 0 spiro atoms. The average molecular weight is 310 g/mol. The van der Waals surface area contributed by atoms with Crippen LogP contribution in [0.3, 0.4) is 0 Å². The van der Waals surface area contributed by atoms with Gasteiger partial charge in [-0.25, -0.2) is 0 Å². The van der Waals surface area contributed by atoms with Crippen molar-refractivity contribution in [1.82, 2.24) is 4.90 Å². The summed E-state index contributed by atoms with van der Waals surface area (Å²) in [6, 6.07) is 7.78. The maximum absolute atomic E-state index is 12.4. The van der Waals surface area contributed by atoms with Crippen LogP contribution in [0.1, 0.15) is 45.4 Å². The zero-order chi connectivity index (χ0) is 15.1. The normalized spacial score (nSPS) is 15.7. The first-order valence-electron chi connectivity index (χ1n) is 7.89. The molecule has 0 saturated heterocycles. The second-order valence-corrected chi connectivity index (χ2v) is 5.91. The van der Waals surface area contributed by atoms with E-state index in [1.54, 1.807) is 6.07 Å². The molecule has 0 bridgehead atoms. The van der Waals surface area contributed by atoms with Gasteiger partial charge in [-0.1, -0.05) is 43.0 Å². The highest BCUT2D eigenvalue weighted by molar-refractivity contribution is 6.32. The van der Waals surface area contributed by atoms with Crippen molar-refractivity contribution >= 4 is 17.5 Å². The van der Waals surface area contributed by atoms with Crippen LogP contribution in [0.15, 0.2) is 24.3 Å². The molecular weight excluding hydrogens is 286 g/mol. The highest BCUT2D eigenvalue weighted by Gasteiger charge is 2.23. The van der Waals surface area contributed by atoms with Crippen LogP contribution in [0.4, 0.5) is 0 Å². The number of hydrogen-bond donors (Lipinski definition) is 0. The Morgan fingerprint density at radius 1 is 1.29 bits per heavy atom. The second-order valence-electron chi connectivity index (χ2n) is 5.50. The molecule has 0 aliphatic heterocycles. The van der Waals surface area contributed by atoms with Gasteiger partial charge in [0.1, 0.15) is 5.75 Å². The van der Waals surface area contributed by atoms with Crippen LogP contribution >= 0.6 is 11.6 Å². The van der Waals surface area contributed by atoms with E-state index in [1.807, 2.05) is 23.1 Å². The van der Waals surface area contributed by atoms with Gasteiger partial charge in [0, 0.05) is 12.6 Å². The van der Waals surface area contributed by atoms with Gasteiger partial charge in [-0.15, -0.1) is 0 Å². The molecule has 116 valence electrons. The Balaban J connectivity index is 1.81. The number of halogens is 1. The predicted molar refractivity (Wildman–Crippen MR) is 85.8 cm³/mol. The third-order valence-electron chi connectivity index (χ3n) is 4.09. The van der Waals surface area contributed by atoms with Gasteiger partial charge in [0.15, 0.2) is 0 Å². The minimum atomic E-state index is 0.191. The predicted octanol–water partition coefficient (Wildman–Crippen LogP) is 4.29. The summed E-state index contributed by atoms with van der Waals surface area (Å²) < 4.78 is 5.61. The summed E-state index contributed by atoms with van der Waals surface area (Å²) in [5.41, 5.74) is 0. The molecule has 1 aliphatic rings. The van der Waals surface area contributed by atoms with E-state index in [9.17, 15) is 4.79 Å². The Kier molecular flexibility index (Phi) is 6.37. The van der Waals surface area contributed by atoms with Gasteiger partial charge in [-0.2, -0.15) is 0 Å². The fourth-order valence-electron chi connectivity index (χ4n) is 2.98. The number of para-hydroxylation sites is 1. The van der Waals surface area contributed by atoms with Crippen LogP contribution in [0.5, 0.6) is 5.75 Å². The fraction of sp³-hybridized carbons (Fsp3) is 0.588. The Morgan fingerprint density at radius 2 is 2.00 bits per heavy atom. The summed E-state index contributed by atoms with van der Waals surface area (Å²) in [6.07, 6.45) is 6.48. The number of hydrogen-bond acceptors (Lipinski definition) is 2. The Bertz CT molecular complexity index is 458. The highest BCUT2D eigenvalue weighted by Crippen LogP contribution is 2.24. The van der Waals surface area contributed by atoms with Crippen LogP contribution in [0.25, 0.3) is 0 Å². The maximum atomic E-state index is 12.4. The van der Waals surface area contributed by atoms with E-state index in [1.165, 1.54) is 19.3 Å². The number of benzene rings is 1. The van der Waals surface area contributed by atoms with Crippen molar-refractivity contribution in [2.24, 2.45) is 0 Å². The van der Waals surface area contributed by atoms with Crippen LogP contribution in [0.2, 0.25) is 5.02 Å². The molecule has 0 N–H and O–H groups in total. The number of carbonyl (C=O) groups excluding carboxylic acids is 1. The van der Waals surface area contributed by atoms with Crippen molar-refractivity contribution in [3.63, 3.8) is 0 Å². The SMILES string of the molecule is CCN(C(=O)CCOc1ccccc1Cl)C1CCCCC1. The molecule has 4 heteroatoms. The van der Waals surface area contributed by atoms with Gasteiger partial charge < -0.3 is 9.64 Å². The van der Waals surface area contributed by atoms with Gasteiger partial charge in [0.2, 0.25) is 5.91 Å². The van der Waals surface area contributed by atoms with Gasteiger partial charge in [-0.3, -0.25) is 4.79 Å². The number of amides is 1. The quantitative estimate of drug-likeness (QED) is 0.784. The molecule has 1 saturated carbocycles. The molecule has 0 atom stereocenters. The second kappa shape index (κ2) is 8.28. The fourth-order valence-corrected chi connectivity index (χ4v) is 3.17. The Hall–Kier alpha value is -1.22. The van der Waals surface area contributed by atoms with Crippen LogP contribution in [0, 0.1) is 0 Å². The molecular formula is C17H24ClNO2. The highest BCUT2D eigenvalue weighted by atomic mass is 35.5. The zero-order valence-corrected chi connectivity index (χ0v) is 13.4. The molecule has 0 unspecified atom stereocenters. The molecule has 3 nitrogen and oxygen atoms in total. The molecule has 1 fully saturated rings. The lowest BCUT2D eigenvalue weighted by Crippen LogP contribution is -2.41. The molecule has 1 aliphatic carbocycles. The van der Waals surface area contributed by atoms with Gasteiger partial charge in [0.25, 0.3) is 0 Å². The smallest absolute Gasteiger partial charge is 0.226 e. The summed E-state index contributed by atoms with van der Waals surface area (Å²) in [5.74, 6) is 0.837. The minimum Gasteiger partial charge on any atom is -0.491 e. The van der Waals surface area contributed by atoms with Gasteiger partial charge >= 0.3 is 0 Å². The van der Waals surface area contributed by atoms with Crippen molar-refractivity contribution in [2.75, 3.05) is 13.2 Å². The van der Waals surface area contributed by atoms with E-state index in [4.69, 9.17) is 16.3 Å². The molecule has 1 aromatic carbocycles. The van der Waals surface area contributed by atoms with Crippen molar-refractivity contribution < 1.29 is 9.53 Å². The Morgan fingerprint density at radius 3 is 2.67 bits per heavy atom. The first kappa shape index (κ1) is 16.2. The van der Waals surface area contributed by atoms with Crippen molar-refractivity contribution in [3.05, 3.63) is 29.3 Å². The number of nitrogens with zero attached hydrogens (tertiary/aromatic N) is 1. The molecule has 0 radical (unpaired) electrons. The minimum absolute atomic E-state index is 0.191. The molecule has 21 heavy (non-hydrogen) atoms. The van der Waals surface area contributed by atoms with Crippen molar-refractivity contribution in [3.8, 4) is 5.75 Å². The monoisotopic (exact) mass is 309 g/mol. The summed E-state index contributed by atoms with van der Waals surface area (Å²) in [7, 11) is 0. The van der Waals surface area contributed by atoms with Crippen molar-refractivity contribution in [1.29, 1.82) is 0 Å². The van der Waals surface area contributed by atoms with Crippen LogP contribution < -0.4 is 4.74 Å². The molecule has 1 amide bonds. The number of carbonyl (C=O) groups is 1. The maximum Gasteiger partial charge on any atom is 0.226 e. The molecule has 0 aromatic heterocycles. The van der Waals surface area contributed by atoms with E-state index in [2.05, 4.69) is 6.92 Å². The molecule has 1 aromatic rings. The van der Waals surface area contributed by atoms with E-state index in [-0.39, 0.29) is 5.91 Å². The van der Waals surface area contributed by atoms with Gasteiger partial charge in [-0.05, 0) is 31.9 Å². The summed E-state index contributed by atoms with van der Waals surface area (Å²) in [6.45, 7) is 3.23. The van der Waals surface area contributed by atoms with E-state index >= 15 is 0 Å². The first-order chi connectivity index (χ1) is 10.2. The third-order valence-corrected chi connectivity index (χ3v) is 4.40. The molecule has 0 heterocycles. The van der Waals surface area contributed by atoms with E-state index in [0.717, 1.165) is 19.4 Å². The van der Waals surface area contributed by atoms with E-state index in [0.29, 0.717) is 29.8 Å². The van der Waals surface area contributed by atoms with E-state index < -0.39 is 0 Å². The van der Waals surface area contributed by atoms with Crippen LogP contribution in [-0.2, 0) is 4.79 Å². The topological polar surface area (TPSA) is 29.5 Å². The molecule has 2 rings (SSSR count). The summed E-state index contributed by atoms with van der Waals surface area (Å²) in [5, 5.41) is 0.588. The van der Waals surface area contributed by atoms with Crippen molar-refractivity contribution in [2.45, 2.75) is 51.5 Å². The number of rotatable bonds is 6. The zero-order valence-electron chi connectivity index (χ0n) is 12.7. The van der Waals surface area contributed by atoms with Gasteiger partial charge in [0.05, 0.1) is 18.1 Å². The lowest BCUT2D eigenvalue weighted by Gasteiger charge is -2.33. The largest absolute Gasteiger partial charge is 0.491 e. The summed E-state index contributed by atoms with van der Waals surface area (Å²) >= 11 is 6.03. The third kappa shape index (κ3) is 4.63. The lowest BCUT2D eigenvalue weighted by atomic mass is 9.94. The lowest BCUT2D eigenvalue weighted by molar-refractivity contribution is -0.134. The first-order valence-corrected chi connectivity index (χ1v) is 8.27. The average Bonchev–Trinajstić information content (AvgIpc) is 2.51. The number of ether oxygens (including phenoxy) is 1.